The molecule has 4 rings (SSSR count). The molecular formula is C20H24N6O4. The second-order valence-electron chi connectivity index (χ2n) is 7.05. The van der Waals surface area contributed by atoms with E-state index in [0.29, 0.717) is 35.8 Å². The van der Waals surface area contributed by atoms with Crippen molar-refractivity contribution in [2.75, 3.05) is 12.4 Å². The maximum absolute atomic E-state index is 12.0. The van der Waals surface area contributed by atoms with E-state index in [1.165, 1.54) is 17.9 Å². The highest BCUT2D eigenvalue weighted by atomic mass is 16.6. The van der Waals surface area contributed by atoms with Crippen molar-refractivity contribution < 1.29 is 19.7 Å². The molecule has 3 aromatic rings. The van der Waals surface area contributed by atoms with Gasteiger partial charge in [0.2, 0.25) is 0 Å². The van der Waals surface area contributed by atoms with E-state index in [1.54, 1.807) is 0 Å². The van der Waals surface area contributed by atoms with Gasteiger partial charge in [-0.25, -0.2) is 15.0 Å². The van der Waals surface area contributed by atoms with Gasteiger partial charge in [-0.3, -0.25) is 9.36 Å². The first kappa shape index (κ1) is 20.2. The zero-order valence-electron chi connectivity index (χ0n) is 16.7. The highest BCUT2D eigenvalue weighted by Crippen LogP contribution is 2.32. The molecule has 2 aromatic heterocycles. The number of fused-ring (bicyclic) bond motifs is 1. The van der Waals surface area contributed by atoms with Crippen LogP contribution in [-0.4, -0.2) is 61.0 Å². The molecule has 3 unspecified atom stereocenters. The van der Waals surface area contributed by atoms with Gasteiger partial charge in [0.15, 0.2) is 29.3 Å². The third-order valence-corrected chi connectivity index (χ3v) is 5.10. The molecule has 158 valence electrons. The molecule has 1 aliphatic heterocycles. The number of aromatic nitrogens is 4. The van der Waals surface area contributed by atoms with Gasteiger partial charge in [0.1, 0.15) is 18.0 Å². The normalized spacial score (nSPS) is 23.6. The summed E-state index contributed by atoms with van der Waals surface area (Å²) in [5.74, 6) is 0.647. The monoisotopic (exact) mass is 412 g/mol. The number of aliphatic hydroxyl groups is 2. The van der Waals surface area contributed by atoms with Crippen LogP contribution < -0.4 is 10.6 Å². The molecule has 1 saturated heterocycles. The number of hydrogen-bond donors (Lipinski definition) is 4. The number of anilines is 1. The first-order valence-corrected chi connectivity index (χ1v) is 9.78. The van der Waals surface area contributed by atoms with Gasteiger partial charge in [0.05, 0.1) is 6.33 Å². The highest BCUT2D eigenvalue weighted by molar-refractivity contribution is 5.83. The predicted octanol–water partition coefficient (Wildman–Crippen LogP) is 0.366. The van der Waals surface area contributed by atoms with Crippen LogP contribution in [0.3, 0.4) is 0 Å². The fraction of sp³-hybridized carbons (Fsp3) is 0.400. The minimum atomic E-state index is -1.37. The molecule has 0 bridgehead atoms. The fourth-order valence-corrected chi connectivity index (χ4v) is 3.46. The van der Waals surface area contributed by atoms with E-state index in [-0.39, 0.29) is 0 Å². The number of aryl methyl sites for hydroxylation is 1. The SMILES string of the molecule is CCc1nc(NCc2ccccc2)c2ncn(C3O[C@@H](C(=O)NC)C(O)C3O)c2n1. The Kier molecular flexibility index (Phi) is 5.62. The molecule has 10 nitrogen and oxygen atoms in total. The summed E-state index contributed by atoms with van der Waals surface area (Å²) in [6, 6.07) is 9.90. The zero-order valence-corrected chi connectivity index (χ0v) is 16.7. The Balaban J connectivity index is 1.68. The number of aliphatic hydroxyl groups excluding tert-OH is 2. The van der Waals surface area contributed by atoms with Crippen LogP contribution in [0.1, 0.15) is 24.5 Å². The van der Waals surface area contributed by atoms with Crippen molar-refractivity contribution in [3.63, 3.8) is 0 Å². The maximum atomic E-state index is 12.0. The van der Waals surface area contributed by atoms with E-state index in [2.05, 4.69) is 25.6 Å². The molecule has 0 radical (unpaired) electrons. The van der Waals surface area contributed by atoms with Gasteiger partial charge in [-0.15, -0.1) is 0 Å². The van der Waals surface area contributed by atoms with Crippen LogP contribution >= 0.6 is 0 Å². The van der Waals surface area contributed by atoms with E-state index >= 15 is 0 Å². The summed E-state index contributed by atoms with van der Waals surface area (Å²) in [7, 11) is 1.44. The van der Waals surface area contributed by atoms with Gasteiger partial charge >= 0.3 is 0 Å². The number of rotatable bonds is 6. The molecule has 3 heterocycles. The molecule has 1 amide bonds. The average Bonchev–Trinajstić information content (AvgIpc) is 3.33. The summed E-state index contributed by atoms with van der Waals surface area (Å²) >= 11 is 0. The lowest BCUT2D eigenvalue weighted by Crippen LogP contribution is -2.41. The molecule has 4 N–H and O–H groups in total. The van der Waals surface area contributed by atoms with Gasteiger partial charge in [-0.1, -0.05) is 37.3 Å². The number of amides is 1. The lowest BCUT2D eigenvalue weighted by Gasteiger charge is -2.17. The quantitative estimate of drug-likeness (QED) is 0.456. The Labute approximate surface area is 172 Å². The fourth-order valence-electron chi connectivity index (χ4n) is 3.46. The van der Waals surface area contributed by atoms with E-state index in [9.17, 15) is 15.0 Å². The minimum absolute atomic E-state index is 0.450. The smallest absolute Gasteiger partial charge is 0.251 e. The summed E-state index contributed by atoms with van der Waals surface area (Å²) in [6.45, 7) is 2.50. The van der Waals surface area contributed by atoms with Crippen LogP contribution in [0, 0.1) is 0 Å². The summed E-state index contributed by atoms with van der Waals surface area (Å²) in [5.41, 5.74) is 2.05. The summed E-state index contributed by atoms with van der Waals surface area (Å²) in [5, 5.41) is 26.5. The highest BCUT2D eigenvalue weighted by Gasteiger charge is 2.47. The van der Waals surface area contributed by atoms with E-state index < -0.39 is 30.4 Å². The van der Waals surface area contributed by atoms with Crippen molar-refractivity contribution in [2.45, 2.75) is 44.4 Å². The zero-order chi connectivity index (χ0) is 21.3. The first-order valence-electron chi connectivity index (χ1n) is 9.78. The molecule has 0 saturated carbocycles. The van der Waals surface area contributed by atoms with Crippen LogP contribution in [0.5, 0.6) is 0 Å². The predicted molar refractivity (Wildman–Crippen MR) is 108 cm³/mol. The number of benzene rings is 1. The lowest BCUT2D eigenvalue weighted by atomic mass is 10.1. The number of hydrogen-bond acceptors (Lipinski definition) is 8. The van der Waals surface area contributed by atoms with Gasteiger partial charge < -0.3 is 25.6 Å². The van der Waals surface area contributed by atoms with Crippen molar-refractivity contribution in [3.8, 4) is 0 Å². The molecule has 1 aliphatic rings. The van der Waals surface area contributed by atoms with Crippen molar-refractivity contribution in [3.05, 3.63) is 48.0 Å². The maximum Gasteiger partial charge on any atom is 0.251 e. The second kappa shape index (κ2) is 8.34. The third kappa shape index (κ3) is 3.60. The summed E-state index contributed by atoms with van der Waals surface area (Å²) in [6.07, 6.45) is -2.80. The molecule has 1 aromatic carbocycles. The molecule has 1 fully saturated rings. The van der Waals surface area contributed by atoms with Gasteiger partial charge in [-0.05, 0) is 5.56 Å². The summed E-state index contributed by atoms with van der Waals surface area (Å²) < 4.78 is 7.19. The van der Waals surface area contributed by atoms with Crippen LogP contribution in [0.15, 0.2) is 36.7 Å². The lowest BCUT2D eigenvalue weighted by molar-refractivity contribution is -0.137. The Morgan fingerprint density at radius 3 is 2.67 bits per heavy atom. The molecule has 30 heavy (non-hydrogen) atoms. The van der Waals surface area contributed by atoms with E-state index in [1.807, 2.05) is 37.3 Å². The number of ether oxygens (including phenoxy) is 1. The number of carbonyl (C=O) groups is 1. The van der Waals surface area contributed by atoms with Gasteiger partial charge in [-0.2, -0.15) is 0 Å². The summed E-state index contributed by atoms with van der Waals surface area (Å²) in [4.78, 5) is 25.4. The third-order valence-electron chi connectivity index (χ3n) is 5.10. The Bertz CT molecular complexity index is 1040. The standard InChI is InChI=1S/C20H24N6O4/c1-3-12-24-17(22-9-11-7-5-4-6-8-11)13-18(25-12)26(10-23-13)20-15(28)14(27)16(30-20)19(29)21-2/h4-8,10,14-16,20,27-28H,3,9H2,1-2H3,(H,21,29)(H,22,24,25)/t14?,15?,16-,20?/m1/s1. The van der Waals surface area contributed by atoms with Crippen molar-refractivity contribution >= 4 is 22.9 Å². The van der Waals surface area contributed by atoms with E-state index in [4.69, 9.17) is 4.74 Å². The number of imidazole rings is 1. The van der Waals surface area contributed by atoms with Gasteiger partial charge in [0, 0.05) is 20.0 Å². The van der Waals surface area contributed by atoms with Crippen molar-refractivity contribution in [2.24, 2.45) is 0 Å². The Morgan fingerprint density at radius 2 is 1.97 bits per heavy atom. The van der Waals surface area contributed by atoms with Gasteiger partial charge in [0.25, 0.3) is 5.91 Å². The first-order chi connectivity index (χ1) is 14.5. The number of carbonyl (C=O) groups excluding carboxylic acids is 1. The molecule has 4 atom stereocenters. The second-order valence-corrected chi connectivity index (χ2v) is 7.05. The van der Waals surface area contributed by atoms with Crippen LogP contribution in [0.25, 0.3) is 11.2 Å². The van der Waals surface area contributed by atoms with Crippen molar-refractivity contribution in [1.82, 2.24) is 24.8 Å². The largest absolute Gasteiger partial charge is 0.387 e. The van der Waals surface area contributed by atoms with Crippen LogP contribution in [-0.2, 0) is 22.5 Å². The topological polar surface area (TPSA) is 134 Å². The number of likely N-dealkylation sites (N-methyl/N-ethyl adjacent to an activating group) is 1. The van der Waals surface area contributed by atoms with Crippen LogP contribution in [0.4, 0.5) is 5.82 Å². The Hall–Kier alpha value is -3.08. The van der Waals surface area contributed by atoms with Crippen molar-refractivity contribution in [1.29, 1.82) is 0 Å². The molecular weight excluding hydrogens is 388 g/mol. The molecule has 0 spiro atoms. The average molecular weight is 412 g/mol. The molecule has 10 heteroatoms. The van der Waals surface area contributed by atoms with E-state index in [0.717, 1.165) is 5.56 Å². The van der Waals surface area contributed by atoms with Crippen LogP contribution in [0.2, 0.25) is 0 Å². The minimum Gasteiger partial charge on any atom is -0.387 e. The molecule has 0 aliphatic carbocycles. The number of nitrogens with zero attached hydrogens (tertiary/aromatic N) is 4. The Morgan fingerprint density at radius 1 is 1.20 bits per heavy atom. The number of nitrogens with one attached hydrogen (secondary N) is 2.